The van der Waals surface area contributed by atoms with Crippen molar-refractivity contribution in [3.63, 3.8) is 0 Å². The summed E-state index contributed by atoms with van der Waals surface area (Å²) in [5.41, 5.74) is -5.70. The number of hydrogen-bond acceptors (Lipinski definition) is 3. The van der Waals surface area contributed by atoms with E-state index in [1.54, 1.807) is 27.7 Å². The minimum absolute atomic E-state index is 0.0300. The largest absolute Gasteiger partial charge is 0.507 e. The van der Waals surface area contributed by atoms with E-state index in [0.29, 0.717) is 12.1 Å². The maximum absolute atomic E-state index is 13.2. The predicted molar refractivity (Wildman–Crippen MR) is 95.4 cm³/mol. The van der Waals surface area contributed by atoms with Crippen LogP contribution in [0.15, 0.2) is 12.1 Å². The maximum Gasteiger partial charge on any atom is 0.419 e. The van der Waals surface area contributed by atoms with Gasteiger partial charge in [0.05, 0.1) is 16.5 Å². The molecule has 0 fully saturated rings. The van der Waals surface area contributed by atoms with Crippen LogP contribution in [0.1, 0.15) is 77.0 Å². The number of carbonyl (C=O) groups excluding carboxylic acids is 1. The Morgan fingerprint density at radius 3 is 1.69 bits per heavy atom. The van der Waals surface area contributed by atoms with E-state index in [1.807, 2.05) is 0 Å². The molecule has 0 saturated heterocycles. The number of rotatable bonds is 5. The summed E-state index contributed by atoms with van der Waals surface area (Å²) < 4.78 is 84.6. The summed E-state index contributed by atoms with van der Waals surface area (Å²) in [6.07, 6.45) is -10.2. The van der Waals surface area contributed by atoms with Crippen LogP contribution in [-0.2, 0) is 21.9 Å². The molecule has 0 aliphatic carbocycles. The smallest absolute Gasteiger partial charge is 0.419 e. The molecule has 1 rings (SSSR count). The van der Waals surface area contributed by atoms with Crippen molar-refractivity contribution in [1.82, 2.24) is 0 Å². The molecule has 0 aliphatic heterocycles. The third-order valence-corrected chi connectivity index (χ3v) is 4.42. The lowest BCUT2D eigenvalue weighted by atomic mass is 9.78. The average Bonchev–Trinajstić information content (AvgIpc) is 2.49. The lowest BCUT2D eigenvalue weighted by molar-refractivity contribution is -0.166. The lowest BCUT2D eigenvalue weighted by Gasteiger charge is -2.31. The predicted octanol–water partition coefficient (Wildman–Crippen LogP) is 6.68. The van der Waals surface area contributed by atoms with Gasteiger partial charge in [-0.25, -0.2) is 0 Å². The second kappa shape index (κ2) is 8.07. The van der Waals surface area contributed by atoms with Gasteiger partial charge in [-0.1, -0.05) is 6.92 Å². The van der Waals surface area contributed by atoms with Gasteiger partial charge in [0.25, 0.3) is 0 Å². The van der Waals surface area contributed by atoms with E-state index in [4.69, 9.17) is 4.74 Å². The zero-order chi connectivity index (χ0) is 23.0. The minimum atomic E-state index is -5.17. The number of phenolic OH excluding ortho intramolecular Hbond substituents is 1. The highest BCUT2D eigenvalue weighted by Crippen LogP contribution is 2.46. The molecule has 0 bridgehead atoms. The van der Waals surface area contributed by atoms with Crippen molar-refractivity contribution >= 4 is 5.97 Å². The first-order chi connectivity index (χ1) is 12.8. The van der Waals surface area contributed by atoms with Gasteiger partial charge in [0.15, 0.2) is 0 Å². The maximum atomic E-state index is 13.2. The third kappa shape index (κ3) is 6.54. The van der Waals surface area contributed by atoms with Gasteiger partial charge in [0, 0.05) is 0 Å². The van der Waals surface area contributed by atoms with Crippen molar-refractivity contribution in [1.29, 1.82) is 0 Å². The standard InChI is InChI=1S/C20H26F6O3/c1-7-11(10-18(5,6)16(28)29-17(2,3)4)12-8-13(19(21,22)23)15(27)14(9-12)20(24,25)26/h8-9,11,27H,7,10H2,1-6H3. The highest BCUT2D eigenvalue weighted by molar-refractivity contribution is 5.76. The molecule has 9 heteroatoms. The van der Waals surface area contributed by atoms with Gasteiger partial charge in [-0.3, -0.25) is 4.79 Å². The van der Waals surface area contributed by atoms with Gasteiger partial charge < -0.3 is 9.84 Å². The number of benzene rings is 1. The number of ether oxygens (including phenoxy) is 1. The Labute approximate surface area is 166 Å². The average molecular weight is 428 g/mol. The molecule has 1 aromatic rings. The molecule has 0 radical (unpaired) electrons. The topological polar surface area (TPSA) is 46.5 Å². The first kappa shape index (κ1) is 25.1. The van der Waals surface area contributed by atoms with Crippen molar-refractivity contribution in [3.05, 3.63) is 28.8 Å². The van der Waals surface area contributed by atoms with Gasteiger partial charge in [0.1, 0.15) is 11.4 Å². The quantitative estimate of drug-likeness (QED) is 0.420. The van der Waals surface area contributed by atoms with E-state index in [-0.39, 0.29) is 18.4 Å². The fourth-order valence-electron chi connectivity index (χ4n) is 2.94. The molecule has 1 aromatic carbocycles. The van der Waals surface area contributed by atoms with E-state index in [0.717, 1.165) is 0 Å². The Kier molecular flexibility index (Phi) is 6.98. The van der Waals surface area contributed by atoms with Crippen molar-refractivity contribution in [2.24, 2.45) is 5.41 Å². The van der Waals surface area contributed by atoms with Crippen LogP contribution in [0, 0.1) is 5.41 Å². The molecule has 0 heterocycles. The molecular weight excluding hydrogens is 402 g/mol. The fourth-order valence-corrected chi connectivity index (χ4v) is 2.94. The Balaban J connectivity index is 3.44. The number of alkyl halides is 6. The highest BCUT2D eigenvalue weighted by atomic mass is 19.4. The number of hydrogen-bond donors (Lipinski definition) is 1. The first-order valence-electron chi connectivity index (χ1n) is 9.04. The van der Waals surface area contributed by atoms with Crippen LogP contribution in [0.3, 0.4) is 0 Å². The molecule has 166 valence electrons. The molecule has 0 aromatic heterocycles. The molecule has 1 unspecified atom stereocenters. The number of phenols is 1. The molecule has 1 N–H and O–H groups in total. The SMILES string of the molecule is CCC(CC(C)(C)C(=O)OC(C)(C)C)c1cc(C(F)(F)F)c(O)c(C(F)(F)F)c1. The fraction of sp³-hybridized carbons (Fsp3) is 0.650. The Morgan fingerprint density at radius 2 is 1.38 bits per heavy atom. The Hall–Kier alpha value is -1.93. The van der Waals surface area contributed by atoms with Crippen molar-refractivity contribution in [3.8, 4) is 5.75 Å². The van der Waals surface area contributed by atoms with Crippen LogP contribution >= 0.6 is 0 Å². The van der Waals surface area contributed by atoms with Gasteiger partial charge in [-0.05, 0) is 71.1 Å². The van der Waals surface area contributed by atoms with Crippen molar-refractivity contribution in [2.75, 3.05) is 0 Å². The second-order valence-electron chi connectivity index (χ2n) is 8.66. The Morgan fingerprint density at radius 1 is 0.966 bits per heavy atom. The molecule has 1 atom stereocenters. The van der Waals surface area contributed by atoms with Crippen molar-refractivity contribution < 1.29 is 41.0 Å². The van der Waals surface area contributed by atoms with Gasteiger partial charge in [-0.2, -0.15) is 26.3 Å². The summed E-state index contributed by atoms with van der Waals surface area (Å²) >= 11 is 0. The summed E-state index contributed by atoms with van der Waals surface area (Å²) in [6, 6.07) is 1.04. The van der Waals surface area contributed by atoms with Crippen LogP contribution in [0.25, 0.3) is 0 Å². The molecule has 29 heavy (non-hydrogen) atoms. The highest BCUT2D eigenvalue weighted by Gasteiger charge is 2.43. The van der Waals surface area contributed by atoms with Gasteiger partial charge in [0.2, 0.25) is 0 Å². The van der Waals surface area contributed by atoms with E-state index in [1.165, 1.54) is 13.8 Å². The molecule has 0 saturated carbocycles. The number of carbonyl (C=O) groups is 1. The van der Waals surface area contributed by atoms with Crippen LogP contribution < -0.4 is 0 Å². The zero-order valence-corrected chi connectivity index (χ0v) is 17.2. The van der Waals surface area contributed by atoms with Crippen LogP contribution in [0.5, 0.6) is 5.75 Å². The minimum Gasteiger partial charge on any atom is -0.507 e. The zero-order valence-electron chi connectivity index (χ0n) is 17.2. The molecule has 0 amide bonds. The summed E-state index contributed by atoms with van der Waals surface area (Å²) in [4.78, 5) is 12.4. The van der Waals surface area contributed by atoms with E-state index in [2.05, 4.69) is 0 Å². The van der Waals surface area contributed by atoms with Gasteiger partial charge >= 0.3 is 18.3 Å². The molecule has 3 nitrogen and oxygen atoms in total. The summed E-state index contributed by atoms with van der Waals surface area (Å²) in [7, 11) is 0. The van der Waals surface area contributed by atoms with Crippen LogP contribution in [0.4, 0.5) is 26.3 Å². The number of esters is 1. The van der Waals surface area contributed by atoms with Crippen molar-refractivity contribution in [2.45, 2.75) is 78.3 Å². The number of aromatic hydroxyl groups is 1. The lowest BCUT2D eigenvalue weighted by Crippen LogP contribution is -2.35. The van der Waals surface area contributed by atoms with Crippen LogP contribution in [-0.4, -0.2) is 16.7 Å². The Bertz CT molecular complexity index is 707. The third-order valence-electron chi connectivity index (χ3n) is 4.42. The first-order valence-corrected chi connectivity index (χ1v) is 9.04. The number of halogens is 6. The van der Waals surface area contributed by atoms with Crippen LogP contribution in [0.2, 0.25) is 0 Å². The van der Waals surface area contributed by atoms with E-state index < -0.39 is 52.1 Å². The summed E-state index contributed by atoms with van der Waals surface area (Å²) in [5, 5.41) is 9.57. The molecule has 0 aliphatic rings. The summed E-state index contributed by atoms with van der Waals surface area (Å²) in [6.45, 7) is 9.62. The van der Waals surface area contributed by atoms with E-state index >= 15 is 0 Å². The molecule has 0 spiro atoms. The second-order valence-corrected chi connectivity index (χ2v) is 8.66. The monoisotopic (exact) mass is 428 g/mol. The molecular formula is C20H26F6O3. The summed E-state index contributed by atoms with van der Waals surface area (Å²) in [5.74, 6) is -3.25. The van der Waals surface area contributed by atoms with Gasteiger partial charge in [-0.15, -0.1) is 0 Å². The van der Waals surface area contributed by atoms with E-state index in [9.17, 15) is 36.2 Å². The normalized spacial score (nSPS) is 14.6.